The number of aryl methyl sites for hydroxylation is 1. The smallest absolute Gasteiger partial charge is 0.223 e. The van der Waals surface area contributed by atoms with Gasteiger partial charge in [0.2, 0.25) is 17.7 Å². The zero-order valence-corrected chi connectivity index (χ0v) is 12.8. The first kappa shape index (κ1) is 15.5. The van der Waals surface area contributed by atoms with E-state index in [0.29, 0.717) is 19.5 Å². The Hall–Kier alpha value is -2.43. The monoisotopic (exact) mass is 314 g/mol. The quantitative estimate of drug-likeness (QED) is 0.797. The molecule has 0 N–H and O–H groups in total. The zero-order valence-electron chi connectivity index (χ0n) is 12.8. The summed E-state index contributed by atoms with van der Waals surface area (Å²) in [6.07, 6.45) is 1.86. The Labute approximate surface area is 134 Å². The Morgan fingerprint density at radius 1 is 1.22 bits per heavy atom. The molecule has 120 valence electrons. The van der Waals surface area contributed by atoms with Crippen molar-refractivity contribution in [1.82, 2.24) is 9.88 Å². The van der Waals surface area contributed by atoms with Crippen molar-refractivity contribution in [1.29, 1.82) is 0 Å². The van der Waals surface area contributed by atoms with Crippen molar-refractivity contribution in [3.05, 3.63) is 60.0 Å². The molecule has 3 rings (SSSR count). The topological polar surface area (TPSA) is 42.4 Å². The lowest BCUT2D eigenvalue weighted by Gasteiger charge is -2.17. The summed E-state index contributed by atoms with van der Waals surface area (Å²) in [5.74, 6) is -0.156. The maximum Gasteiger partial charge on any atom is 0.223 e. The number of halogens is 1. The summed E-state index contributed by atoms with van der Waals surface area (Å²) in [6, 6.07) is 14.4. The summed E-state index contributed by atoms with van der Waals surface area (Å²) in [7, 11) is 0. The van der Waals surface area contributed by atoms with Gasteiger partial charge in [-0.1, -0.05) is 36.4 Å². The molecule has 0 saturated carbocycles. The van der Waals surface area contributed by atoms with Crippen molar-refractivity contribution in [3.8, 4) is 5.88 Å². The molecular weight excluding hydrogens is 295 g/mol. The lowest BCUT2D eigenvalue weighted by atomic mass is 10.1. The Morgan fingerprint density at radius 2 is 2.04 bits per heavy atom. The lowest BCUT2D eigenvalue weighted by molar-refractivity contribution is -0.130. The highest BCUT2D eigenvalue weighted by atomic mass is 19.1. The molecule has 1 aromatic carbocycles. The first-order valence-electron chi connectivity index (χ1n) is 7.81. The van der Waals surface area contributed by atoms with Gasteiger partial charge in [-0.05, 0) is 18.1 Å². The Balaban J connectivity index is 1.48. The highest BCUT2D eigenvalue weighted by molar-refractivity contribution is 5.76. The van der Waals surface area contributed by atoms with E-state index in [-0.39, 0.29) is 17.9 Å². The van der Waals surface area contributed by atoms with Gasteiger partial charge in [-0.3, -0.25) is 4.79 Å². The molecule has 0 radical (unpaired) electrons. The van der Waals surface area contributed by atoms with Crippen molar-refractivity contribution in [3.63, 3.8) is 0 Å². The zero-order chi connectivity index (χ0) is 16.1. The molecule has 4 nitrogen and oxygen atoms in total. The van der Waals surface area contributed by atoms with E-state index >= 15 is 0 Å². The first-order valence-corrected chi connectivity index (χ1v) is 7.81. The van der Waals surface area contributed by atoms with E-state index in [4.69, 9.17) is 4.74 Å². The fraction of sp³-hybridized carbons (Fsp3) is 0.333. The van der Waals surface area contributed by atoms with E-state index in [2.05, 4.69) is 4.98 Å². The lowest BCUT2D eigenvalue weighted by Crippen LogP contribution is -2.31. The third-order valence-corrected chi connectivity index (χ3v) is 3.95. The minimum absolute atomic E-state index is 0.120. The van der Waals surface area contributed by atoms with Crippen molar-refractivity contribution in [2.24, 2.45) is 0 Å². The molecule has 1 unspecified atom stereocenters. The van der Waals surface area contributed by atoms with E-state index in [1.165, 1.54) is 6.07 Å². The number of ether oxygens (including phenoxy) is 1. The fourth-order valence-corrected chi connectivity index (χ4v) is 2.73. The Morgan fingerprint density at radius 3 is 2.83 bits per heavy atom. The average Bonchev–Trinajstić information content (AvgIpc) is 3.02. The molecule has 0 aliphatic carbocycles. The molecule has 1 aromatic heterocycles. The molecule has 1 amide bonds. The highest BCUT2D eigenvalue weighted by Gasteiger charge is 2.27. The second kappa shape index (κ2) is 7.22. The minimum Gasteiger partial charge on any atom is -0.472 e. The molecule has 1 fully saturated rings. The van der Waals surface area contributed by atoms with Crippen molar-refractivity contribution in [2.45, 2.75) is 25.4 Å². The molecular formula is C18H19FN2O2. The summed E-state index contributed by atoms with van der Waals surface area (Å²) in [4.78, 5) is 17.8. The van der Waals surface area contributed by atoms with E-state index in [1.54, 1.807) is 12.1 Å². The third kappa shape index (κ3) is 4.28. The van der Waals surface area contributed by atoms with E-state index < -0.39 is 5.95 Å². The molecule has 0 bridgehead atoms. The summed E-state index contributed by atoms with van der Waals surface area (Å²) >= 11 is 0. The van der Waals surface area contributed by atoms with Crippen LogP contribution in [0.15, 0.2) is 48.5 Å². The molecule has 0 spiro atoms. The van der Waals surface area contributed by atoms with Gasteiger partial charge in [-0.25, -0.2) is 0 Å². The van der Waals surface area contributed by atoms with Crippen molar-refractivity contribution >= 4 is 5.91 Å². The number of likely N-dealkylation sites (tertiary alicyclic amines) is 1. The van der Waals surface area contributed by atoms with Crippen LogP contribution in [0.3, 0.4) is 0 Å². The average molecular weight is 314 g/mol. The van der Waals surface area contributed by atoms with Gasteiger partial charge in [0.15, 0.2) is 0 Å². The second-order valence-corrected chi connectivity index (χ2v) is 5.65. The van der Waals surface area contributed by atoms with Crippen molar-refractivity contribution < 1.29 is 13.9 Å². The predicted octanol–water partition coefficient (Wildman–Crippen LogP) is 2.83. The van der Waals surface area contributed by atoms with Crippen LogP contribution in [0.25, 0.3) is 0 Å². The molecule has 2 heterocycles. The Bertz CT molecular complexity index is 663. The number of amides is 1. The number of carbonyl (C=O) groups is 1. The van der Waals surface area contributed by atoms with Crippen LogP contribution in [0.4, 0.5) is 4.39 Å². The van der Waals surface area contributed by atoms with Crippen LogP contribution < -0.4 is 4.74 Å². The SMILES string of the molecule is O=C(CCc1ccccc1)N1CCC(Oc2cccc(F)n2)C1. The van der Waals surface area contributed by atoms with Gasteiger partial charge in [-0.15, -0.1) is 0 Å². The number of benzene rings is 1. The summed E-state index contributed by atoms with van der Waals surface area (Å²) in [5.41, 5.74) is 1.16. The number of hydrogen-bond donors (Lipinski definition) is 0. The number of hydrogen-bond acceptors (Lipinski definition) is 3. The van der Waals surface area contributed by atoms with Crippen LogP contribution in [0, 0.1) is 5.95 Å². The molecule has 23 heavy (non-hydrogen) atoms. The number of nitrogens with zero attached hydrogens (tertiary/aromatic N) is 2. The van der Waals surface area contributed by atoms with Gasteiger partial charge < -0.3 is 9.64 Å². The first-order chi connectivity index (χ1) is 11.2. The maximum atomic E-state index is 13.1. The van der Waals surface area contributed by atoms with Crippen LogP contribution in [0.1, 0.15) is 18.4 Å². The predicted molar refractivity (Wildman–Crippen MR) is 84.6 cm³/mol. The summed E-state index contributed by atoms with van der Waals surface area (Å²) < 4.78 is 18.7. The molecule has 1 aliphatic heterocycles. The maximum absolute atomic E-state index is 13.1. The fourth-order valence-electron chi connectivity index (χ4n) is 2.73. The van der Waals surface area contributed by atoms with Crippen LogP contribution in [0.5, 0.6) is 5.88 Å². The van der Waals surface area contributed by atoms with Gasteiger partial charge in [-0.2, -0.15) is 9.37 Å². The number of pyridine rings is 1. The van der Waals surface area contributed by atoms with Gasteiger partial charge >= 0.3 is 0 Å². The molecule has 1 saturated heterocycles. The van der Waals surface area contributed by atoms with E-state index in [0.717, 1.165) is 18.4 Å². The standard InChI is InChI=1S/C18H19FN2O2/c19-16-7-4-8-17(20-16)23-15-11-12-21(13-15)18(22)10-9-14-5-2-1-3-6-14/h1-8,15H,9-13H2. The Kier molecular flexibility index (Phi) is 4.86. The van der Waals surface area contributed by atoms with Crippen LogP contribution in [0.2, 0.25) is 0 Å². The second-order valence-electron chi connectivity index (χ2n) is 5.65. The largest absolute Gasteiger partial charge is 0.472 e. The van der Waals surface area contributed by atoms with Gasteiger partial charge in [0, 0.05) is 25.5 Å². The van der Waals surface area contributed by atoms with Crippen LogP contribution in [-0.4, -0.2) is 35.0 Å². The number of rotatable bonds is 5. The minimum atomic E-state index is -0.559. The normalized spacial score (nSPS) is 17.3. The van der Waals surface area contributed by atoms with Crippen molar-refractivity contribution in [2.75, 3.05) is 13.1 Å². The third-order valence-electron chi connectivity index (χ3n) is 3.95. The summed E-state index contributed by atoms with van der Waals surface area (Å²) in [6.45, 7) is 1.21. The van der Waals surface area contributed by atoms with Gasteiger partial charge in [0.1, 0.15) is 6.10 Å². The molecule has 1 atom stereocenters. The molecule has 5 heteroatoms. The van der Waals surface area contributed by atoms with E-state index in [1.807, 2.05) is 35.2 Å². The highest BCUT2D eigenvalue weighted by Crippen LogP contribution is 2.18. The van der Waals surface area contributed by atoms with Gasteiger partial charge in [0.05, 0.1) is 6.54 Å². The number of carbonyl (C=O) groups excluding carboxylic acids is 1. The molecule has 1 aliphatic rings. The number of aromatic nitrogens is 1. The van der Waals surface area contributed by atoms with Crippen LogP contribution in [-0.2, 0) is 11.2 Å². The van der Waals surface area contributed by atoms with E-state index in [9.17, 15) is 9.18 Å². The van der Waals surface area contributed by atoms with Crippen LogP contribution >= 0.6 is 0 Å². The van der Waals surface area contributed by atoms with Gasteiger partial charge in [0.25, 0.3) is 0 Å². The molecule has 2 aromatic rings. The summed E-state index contributed by atoms with van der Waals surface area (Å²) in [5, 5.41) is 0.